The van der Waals surface area contributed by atoms with E-state index in [9.17, 15) is 14.0 Å². The van der Waals surface area contributed by atoms with Gasteiger partial charge in [-0.25, -0.2) is 4.39 Å². The molecular formula is C18H18FIN2O3. The molecule has 0 saturated carbocycles. The van der Waals surface area contributed by atoms with Crippen LogP contribution in [0.4, 0.5) is 4.39 Å². The number of benzene rings is 2. The van der Waals surface area contributed by atoms with E-state index in [2.05, 4.69) is 27.9 Å². The quantitative estimate of drug-likeness (QED) is 0.629. The molecule has 0 aromatic heterocycles. The smallest absolute Gasteiger partial charge is 0.239 e. The number of nitrogens with two attached hydrogens (primary N) is 1. The zero-order valence-corrected chi connectivity index (χ0v) is 15.7. The number of amides is 2. The summed E-state index contributed by atoms with van der Waals surface area (Å²) in [6.07, 6.45) is 0.115. The standard InChI is InChI=1S/C18H18FIN2O3/c1-11(18(21)24)22-17(23)9-13-8-15(6-7-16(13)20)25-10-12-2-4-14(19)5-3-12/h2-8,11H,9-10H2,1H3,(H2,21,24)(H,22,23)/t11-/m0/s1. The van der Waals surface area contributed by atoms with Crippen LogP contribution in [-0.2, 0) is 22.6 Å². The van der Waals surface area contributed by atoms with Crippen LogP contribution in [0.25, 0.3) is 0 Å². The molecule has 3 N–H and O–H groups in total. The lowest BCUT2D eigenvalue weighted by Crippen LogP contribution is -2.42. The van der Waals surface area contributed by atoms with Crippen LogP contribution in [0.1, 0.15) is 18.1 Å². The van der Waals surface area contributed by atoms with Crippen molar-refractivity contribution in [3.8, 4) is 5.75 Å². The van der Waals surface area contributed by atoms with Gasteiger partial charge in [0, 0.05) is 3.57 Å². The maximum absolute atomic E-state index is 12.9. The number of carbonyl (C=O) groups excluding carboxylic acids is 2. The number of ether oxygens (including phenoxy) is 1. The lowest BCUT2D eigenvalue weighted by molar-refractivity contribution is -0.126. The minimum absolute atomic E-state index is 0.115. The highest BCUT2D eigenvalue weighted by Crippen LogP contribution is 2.21. The van der Waals surface area contributed by atoms with E-state index in [1.807, 2.05) is 6.07 Å². The zero-order chi connectivity index (χ0) is 18.4. The molecule has 132 valence electrons. The van der Waals surface area contributed by atoms with Crippen LogP contribution >= 0.6 is 22.6 Å². The summed E-state index contributed by atoms with van der Waals surface area (Å²) in [6, 6.07) is 10.8. The summed E-state index contributed by atoms with van der Waals surface area (Å²) in [6.45, 7) is 1.83. The van der Waals surface area contributed by atoms with E-state index in [4.69, 9.17) is 10.5 Å². The summed E-state index contributed by atoms with van der Waals surface area (Å²) in [5.74, 6) is -0.564. The van der Waals surface area contributed by atoms with Gasteiger partial charge in [0.05, 0.1) is 6.42 Å². The molecule has 0 aliphatic rings. The molecule has 0 spiro atoms. The SMILES string of the molecule is C[C@H](NC(=O)Cc1cc(OCc2ccc(F)cc2)ccc1I)C(N)=O. The Bertz CT molecular complexity index is 765. The van der Waals surface area contributed by atoms with E-state index in [1.54, 1.807) is 24.3 Å². The summed E-state index contributed by atoms with van der Waals surface area (Å²) >= 11 is 2.13. The molecule has 25 heavy (non-hydrogen) atoms. The molecule has 2 amide bonds. The summed E-state index contributed by atoms with van der Waals surface area (Å²) in [5, 5.41) is 2.54. The predicted molar refractivity (Wildman–Crippen MR) is 100 cm³/mol. The molecule has 0 heterocycles. The van der Waals surface area contributed by atoms with Crippen LogP contribution in [0.5, 0.6) is 5.75 Å². The molecule has 0 aliphatic carbocycles. The average molecular weight is 456 g/mol. The van der Waals surface area contributed by atoms with Crippen molar-refractivity contribution in [1.82, 2.24) is 5.32 Å². The number of nitrogens with one attached hydrogen (secondary N) is 1. The Morgan fingerprint density at radius 1 is 1.24 bits per heavy atom. The molecule has 0 saturated heterocycles. The molecule has 0 aliphatic heterocycles. The van der Waals surface area contributed by atoms with Gasteiger partial charge in [0.1, 0.15) is 24.2 Å². The molecule has 2 aromatic carbocycles. The van der Waals surface area contributed by atoms with Crippen LogP contribution in [-0.4, -0.2) is 17.9 Å². The summed E-state index contributed by atoms with van der Waals surface area (Å²) < 4.78 is 19.5. The third kappa shape index (κ3) is 6.00. The van der Waals surface area contributed by atoms with E-state index in [-0.39, 0.29) is 18.1 Å². The maximum atomic E-state index is 12.9. The molecule has 2 rings (SSSR count). The summed E-state index contributed by atoms with van der Waals surface area (Å²) in [7, 11) is 0. The lowest BCUT2D eigenvalue weighted by atomic mass is 10.1. The second-order valence-electron chi connectivity index (χ2n) is 5.54. The molecule has 0 bridgehead atoms. The van der Waals surface area contributed by atoms with Crippen molar-refractivity contribution in [3.63, 3.8) is 0 Å². The van der Waals surface area contributed by atoms with Gasteiger partial charge < -0.3 is 15.8 Å². The Morgan fingerprint density at radius 3 is 2.56 bits per heavy atom. The normalized spacial score (nSPS) is 11.6. The van der Waals surface area contributed by atoms with Crippen molar-refractivity contribution in [2.24, 2.45) is 5.73 Å². The topological polar surface area (TPSA) is 81.4 Å². The van der Waals surface area contributed by atoms with Crippen molar-refractivity contribution in [2.75, 3.05) is 0 Å². The Hall–Kier alpha value is -2.16. The monoisotopic (exact) mass is 456 g/mol. The van der Waals surface area contributed by atoms with Gasteiger partial charge in [-0.2, -0.15) is 0 Å². The van der Waals surface area contributed by atoms with E-state index < -0.39 is 11.9 Å². The van der Waals surface area contributed by atoms with Gasteiger partial charge in [-0.1, -0.05) is 12.1 Å². The molecule has 0 fully saturated rings. The number of carbonyl (C=O) groups is 2. The molecule has 5 nitrogen and oxygen atoms in total. The third-order valence-corrected chi connectivity index (χ3v) is 4.54. The summed E-state index contributed by atoms with van der Waals surface area (Å²) in [4.78, 5) is 23.0. The second kappa shape index (κ2) is 8.80. The number of hydrogen-bond acceptors (Lipinski definition) is 3. The first kappa shape index (κ1) is 19.2. The minimum Gasteiger partial charge on any atom is -0.489 e. The fraction of sp³-hybridized carbons (Fsp3) is 0.222. The van der Waals surface area contributed by atoms with Crippen LogP contribution in [0.3, 0.4) is 0 Å². The zero-order valence-electron chi connectivity index (χ0n) is 13.6. The molecule has 1 atom stereocenters. The Morgan fingerprint density at radius 2 is 1.92 bits per heavy atom. The Balaban J connectivity index is 2.00. The summed E-state index contributed by atoms with van der Waals surface area (Å²) in [5.41, 5.74) is 6.76. The maximum Gasteiger partial charge on any atom is 0.239 e. The van der Waals surface area contributed by atoms with Crippen LogP contribution in [0, 0.1) is 9.39 Å². The first-order chi connectivity index (χ1) is 11.8. The van der Waals surface area contributed by atoms with E-state index in [0.717, 1.165) is 14.7 Å². The van der Waals surface area contributed by atoms with Crippen LogP contribution < -0.4 is 15.8 Å². The van der Waals surface area contributed by atoms with E-state index in [1.165, 1.54) is 19.1 Å². The highest BCUT2D eigenvalue weighted by molar-refractivity contribution is 14.1. The van der Waals surface area contributed by atoms with E-state index in [0.29, 0.717) is 12.4 Å². The number of hydrogen-bond donors (Lipinski definition) is 2. The number of rotatable bonds is 7. The average Bonchev–Trinajstić information content (AvgIpc) is 2.56. The second-order valence-corrected chi connectivity index (χ2v) is 6.70. The third-order valence-electron chi connectivity index (χ3n) is 3.49. The van der Waals surface area contributed by atoms with Crippen molar-refractivity contribution >= 4 is 34.4 Å². The van der Waals surface area contributed by atoms with Gasteiger partial charge in [0.2, 0.25) is 11.8 Å². The number of primary amides is 1. The molecule has 0 radical (unpaired) electrons. The Labute approximate surface area is 158 Å². The highest BCUT2D eigenvalue weighted by Gasteiger charge is 2.14. The van der Waals surface area contributed by atoms with Gasteiger partial charge in [0.15, 0.2) is 0 Å². The molecular weight excluding hydrogens is 438 g/mol. The van der Waals surface area contributed by atoms with Crippen LogP contribution in [0.2, 0.25) is 0 Å². The van der Waals surface area contributed by atoms with Crippen LogP contribution in [0.15, 0.2) is 42.5 Å². The molecule has 2 aromatic rings. The number of halogens is 2. The molecule has 7 heteroatoms. The van der Waals surface area contributed by atoms with Crippen molar-refractivity contribution < 1.29 is 18.7 Å². The largest absolute Gasteiger partial charge is 0.489 e. The van der Waals surface area contributed by atoms with Gasteiger partial charge in [-0.05, 0) is 71.0 Å². The molecule has 0 unspecified atom stereocenters. The first-order valence-corrected chi connectivity index (χ1v) is 8.67. The van der Waals surface area contributed by atoms with E-state index >= 15 is 0 Å². The van der Waals surface area contributed by atoms with Gasteiger partial charge in [-0.15, -0.1) is 0 Å². The van der Waals surface area contributed by atoms with Crippen molar-refractivity contribution in [2.45, 2.75) is 26.0 Å². The van der Waals surface area contributed by atoms with Crippen molar-refractivity contribution in [1.29, 1.82) is 0 Å². The first-order valence-electron chi connectivity index (χ1n) is 7.59. The minimum atomic E-state index is -0.719. The lowest BCUT2D eigenvalue weighted by Gasteiger charge is -2.12. The predicted octanol–water partition coefficient (Wildman–Crippen LogP) is 2.54. The van der Waals surface area contributed by atoms with Gasteiger partial charge in [0.25, 0.3) is 0 Å². The fourth-order valence-electron chi connectivity index (χ4n) is 2.06. The highest BCUT2D eigenvalue weighted by atomic mass is 127. The van der Waals surface area contributed by atoms with Gasteiger partial charge >= 0.3 is 0 Å². The van der Waals surface area contributed by atoms with Gasteiger partial charge in [-0.3, -0.25) is 9.59 Å². The fourth-order valence-corrected chi connectivity index (χ4v) is 2.59. The Kier molecular flexibility index (Phi) is 6.74. The van der Waals surface area contributed by atoms with Crippen molar-refractivity contribution in [3.05, 3.63) is 63.0 Å².